The largest absolute Gasteiger partial charge is 0.290 e. The third-order valence-electron chi connectivity index (χ3n) is 1.61. The van der Waals surface area contributed by atoms with E-state index in [4.69, 9.17) is 0 Å². The molecule has 1 rings (SSSR count). The van der Waals surface area contributed by atoms with Crippen LogP contribution in [-0.4, -0.2) is 5.78 Å². The third-order valence-corrected chi connectivity index (χ3v) is 1.61. The minimum atomic E-state index is 0.136. The van der Waals surface area contributed by atoms with Crippen LogP contribution in [0.25, 0.3) is 0 Å². The lowest BCUT2D eigenvalue weighted by molar-refractivity contribution is -0.111. The molecule has 0 unspecified atom stereocenters. The van der Waals surface area contributed by atoms with E-state index >= 15 is 0 Å². The fourth-order valence-corrected chi connectivity index (χ4v) is 1.00. The predicted molar refractivity (Wildman–Crippen MR) is 41.7 cm³/mol. The van der Waals surface area contributed by atoms with Crippen LogP contribution in [0.15, 0.2) is 36.0 Å². The molecule has 1 heteroatoms. The van der Waals surface area contributed by atoms with Gasteiger partial charge in [0.25, 0.3) is 0 Å². The quantitative estimate of drug-likeness (QED) is 0.528. The average Bonchev–Trinajstić information content (AvgIpc) is 2.20. The molecule has 0 heterocycles. The molecule has 0 spiro atoms. The van der Waals surface area contributed by atoms with E-state index in [1.54, 1.807) is 12.2 Å². The number of ketones is 1. The zero-order valence-corrected chi connectivity index (χ0v) is 6.05. The molecule has 0 fully saturated rings. The Morgan fingerprint density at radius 3 is 2.70 bits per heavy atom. The first-order valence-corrected chi connectivity index (χ1v) is 3.28. The van der Waals surface area contributed by atoms with Crippen molar-refractivity contribution in [2.24, 2.45) is 0 Å². The molecule has 0 radical (unpaired) electrons. The predicted octanol–water partition coefficient (Wildman–Crippen LogP) is 2.02. The van der Waals surface area contributed by atoms with Gasteiger partial charge in [-0.05, 0) is 25.0 Å². The first kappa shape index (κ1) is 7.00. The average molecular weight is 134 g/mol. The van der Waals surface area contributed by atoms with Crippen LogP contribution < -0.4 is 0 Å². The molecule has 0 saturated carbocycles. The van der Waals surface area contributed by atoms with Crippen LogP contribution in [0, 0.1) is 0 Å². The van der Waals surface area contributed by atoms with Crippen molar-refractivity contribution in [2.75, 3.05) is 0 Å². The maximum Gasteiger partial charge on any atom is 0.182 e. The monoisotopic (exact) mass is 134 g/mol. The molecule has 1 nitrogen and oxygen atoms in total. The van der Waals surface area contributed by atoms with Crippen molar-refractivity contribution in [3.8, 4) is 0 Å². The van der Waals surface area contributed by atoms with Gasteiger partial charge in [-0.3, -0.25) is 4.79 Å². The van der Waals surface area contributed by atoms with Gasteiger partial charge in [0.2, 0.25) is 0 Å². The van der Waals surface area contributed by atoms with E-state index in [1.807, 2.05) is 13.0 Å². The molecular formula is C9H10O. The maximum absolute atomic E-state index is 11.0. The third kappa shape index (κ3) is 1.08. The van der Waals surface area contributed by atoms with E-state index < -0.39 is 0 Å². The van der Waals surface area contributed by atoms with Gasteiger partial charge in [0.05, 0.1) is 0 Å². The number of carbonyl (C=O) groups is 1. The Kier molecular flexibility index (Phi) is 1.86. The summed E-state index contributed by atoms with van der Waals surface area (Å²) >= 11 is 0. The zero-order chi connectivity index (χ0) is 7.56. The van der Waals surface area contributed by atoms with Crippen molar-refractivity contribution >= 4 is 5.78 Å². The summed E-state index contributed by atoms with van der Waals surface area (Å²) in [6.07, 6.45) is 5.90. The fraction of sp³-hybridized carbons (Fsp3) is 0.222. The molecule has 0 N–H and O–H groups in total. The summed E-state index contributed by atoms with van der Waals surface area (Å²) in [5.74, 6) is 0.136. The Morgan fingerprint density at radius 1 is 1.60 bits per heavy atom. The molecule has 1 aliphatic carbocycles. The summed E-state index contributed by atoms with van der Waals surface area (Å²) in [5, 5.41) is 0. The topological polar surface area (TPSA) is 17.1 Å². The Hall–Kier alpha value is -1.11. The van der Waals surface area contributed by atoms with Crippen molar-refractivity contribution in [1.82, 2.24) is 0 Å². The lowest BCUT2D eigenvalue weighted by Gasteiger charge is -1.95. The molecule has 10 heavy (non-hydrogen) atoms. The Morgan fingerprint density at radius 2 is 2.30 bits per heavy atom. The van der Waals surface area contributed by atoms with E-state index in [0.29, 0.717) is 6.42 Å². The molecule has 1 aliphatic rings. The second-order valence-electron chi connectivity index (χ2n) is 2.35. The first-order chi connectivity index (χ1) is 4.75. The molecular weight excluding hydrogens is 124 g/mol. The van der Waals surface area contributed by atoms with E-state index in [0.717, 1.165) is 11.1 Å². The van der Waals surface area contributed by atoms with Gasteiger partial charge in [0, 0.05) is 5.57 Å². The molecule has 0 bridgehead atoms. The van der Waals surface area contributed by atoms with E-state index in [-0.39, 0.29) is 5.78 Å². The highest BCUT2D eigenvalue weighted by atomic mass is 16.1. The SMILES string of the molecule is C=CCC1=C(C)C=CC1=O. The number of rotatable bonds is 2. The highest BCUT2D eigenvalue weighted by Gasteiger charge is 2.11. The normalized spacial score (nSPS) is 16.7. The summed E-state index contributed by atoms with van der Waals surface area (Å²) in [6, 6.07) is 0. The Balaban J connectivity index is 2.84. The van der Waals surface area contributed by atoms with Crippen LogP contribution in [0.1, 0.15) is 13.3 Å². The molecule has 0 atom stereocenters. The molecule has 0 aromatic carbocycles. The van der Waals surface area contributed by atoms with E-state index in [2.05, 4.69) is 6.58 Å². The summed E-state index contributed by atoms with van der Waals surface area (Å²) in [7, 11) is 0. The van der Waals surface area contributed by atoms with E-state index in [1.165, 1.54) is 0 Å². The highest BCUT2D eigenvalue weighted by Crippen LogP contribution is 2.18. The molecule has 0 aromatic heterocycles. The Labute approximate surface area is 60.7 Å². The van der Waals surface area contributed by atoms with Gasteiger partial charge in [0.1, 0.15) is 0 Å². The van der Waals surface area contributed by atoms with Gasteiger partial charge < -0.3 is 0 Å². The fourth-order valence-electron chi connectivity index (χ4n) is 1.00. The second-order valence-corrected chi connectivity index (χ2v) is 2.35. The zero-order valence-electron chi connectivity index (χ0n) is 6.05. The molecule has 52 valence electrons. The molecule has 0 aromatic rings. The minimum Gasteiger partial charge on any atom is -0.290 e. The van der Waals surface area contributed by atoms with Crippen molar-refractivity contribution < 1.29 is 4.79 Å². The Bertz CT molecular complexity index is 231. The summed E-state index contributed by atoms with van der Waals surface area (Å²) in [6.45, 7) is 5.52. The van der Waals surface area contributed by atoms with Crippen LogP contribution >= 0.6 is 0 Å². The van der Waals surface area contributed by atoms with Gasteiger partial charge >= 0.3 is 0 Å². The summed E-state index contributed by atoms with van der Waals surface area (Å²) in [5.41, 5.74) is 1.96. The van der Waals surface area contributed by atoms with Crippen LogP contribution in [0.3, 0.4) is 0 Å². The first-order valence-electron chi connectivity index (χ1n) is 3.28. The summed E-state index contributed by atoms with van der Waals surface area (Å²) < 4.78 is 0. The van der Waals surface area contributed by atoms with Crippen molar-refractivity contribution in [3.63, 3.8) is 0 Å². The molecule has 0 amide bonds. The number of hydrogen-bond donors (Lipinski definition) is 0. The minimum absolute atomic E-state index is 0.136. The van der Waals surface area contributed by atoms with Gasteiger partial charge in [-0.15, -0.1) is 6.58 Å². The van der Waals surface area contributed by atoms with Crippen molar-refractivity contribution in [2.45, 2.75) is 13.3 Å². The van der Waals surface area contributed by atoms with Crippen LogP contribution in [0.4, 0.5) is 0 Å². The van der Waals surface area contributed by atoms with Gasteiger partial charge in [-0.2, -0.15) is 0 Å². The van der Waals surface area contributed by atoms with Gasteiger partial charge in [-0.1, -0.05) is 12.2 Å². The van der Waals surface area contributed by atoms with Crippen LogP contribution in [-0.2, 0) is 4.79 Å². The van der Waals surface area contributed by atoms with Gasteiger partial charge in [-0.25, -0.2) is 0 Å². The smallest absolute Gasteiger partial charge is 0.182 e. The lowest BCUT2D eigenvalue weighted by atomic mass is 10.1. The van der Waals surface area contributed by atoms with E-state index in [9.17, 15) is 4.79 Å². The summed E-state index contributed by atoms with van der Waals surface area (Å²) in [4.78, 5) is 11.0. The standard InChI is InChI=1S/C9H10O/c1-3-4-8-7(2)5-6-9(8)10/h3,5-6H,1,4H2,2H3. The lowest BCUT2D eigenvalue weighted by Crippen LogP contribution is -1.93. The number of carbonyl (C=O) groups excluding carboxylic acids is 1. The highest BCUT2D eigenvalue weighted by molar-refractivity contribution is 6.08. The number of allylic oxidation sites excluding steroid dienone is 5. The number of hydrogen-bond acceptors (Lipinski definition) is 1. The maximum atomic E-state index is 11.0. The van der Waals surface area contributed by atoms with Crippen molar-refractivity contribution in [3.05, 3.63) is 36.0 Å². The molecule has 0 saturated heterocycles. The molecule has 0 aliphatic heterocycles. The van der Waals surface area contributed by atoms with Crippen LogP contribution in [0.5, 0.6) is 0 Å². The van der Waals surface area contributed by atoms with Gasteiger partial charge in [0.15, 0.2) is 5.78 Å². The van der Waals surface area contributed by atoms with Crippen LogP contribution in [0.2, 0.25) is 0 Å². The van der Waals surface area contributed by atoms with Crippen molar-refractivity contribution in [1.29, 1.82) is 0 Å². The second kappa shape index (κ2) is 2.65.